The number of rotatable bonds is 7. The lowest BCUT2D eigenvalue weighted by Crippen LogP contribution is -2.23. The highest BCUT2D eigenvalue weighted by atomic mass is 35.5. The van der Waals surface area contributed by atoms with Crippen molar-refractivity contribution >= 4 is 11.6 Å². The number of unbranched alkanes of at least 4 members (excludes halogenated alkanes) is 1. The highest BCUT2D eigenvalue weighted by Crippen LogP contribution is 2.31. The number of aliphatic hydroxyl groups is 1. The third kappa shape index (κ3) is 4.19. The molecule has 2 aromatic heterocycles. The minimum Gasteiger partial charge on any atom is -0.387 e. The Kier molecular flexibility index (Phi) is 6.43. The summed E-state index contributed by atoms with van der Waals surface area (Å²) in [4.78, 5) is 16.5. The van der Waals surface area contributed by atoms with Crippen molar-refractivity contribution in [2.45, 2.75) is 39.2 Å². The van der Waals surface area contributed by atoms with E-state index in [1.54, 1.807) is 11.5 Å². The largest absolute Gasteiger partial charge is 0.387 e. The molecule has 0 saturated carbocycles. The second-order valence-corrected chi connectivity index (χ2v) is 7.85. The van der Waals surface area contributed by atoms with Crippen molar-refractivity contribution in [3.63, 3.8) is 0 Å². The normalized spacial score (nSPS) is 12.1. The topological polar surface area (TPSA) is 110 Å². The van der Waals surface area contributed by atoms with Gasteiger partial charge in [-0.3, -0.25) is 9.36 Å². The van der Waals surface area contributed by atoms with E-state index in [1.165, 1.54) is 0 Å². The van der Waals surface area contributed by atoms with Crippen LogP contribution in [-0.2, 0) is 6.42 Å². The zero-order chi connectivity index (χ0) is 22.7. The molecular formula is C23H23ClN6O2. The number of H-pyrrole nitrogens is 1. The van der Waals surface area contributed by atoms with Gasteiger partial charge in [-0.1, -0.05) is 61.3 Å². The Morgan fingerprint density at radius 3 is 2.47 bits per heavy atom. The summed E-state index contributed by atoms with van der Waals surface area (Å²) in [5.74, 6) is 1.09. The van der Waals surface area contributed by atoms with Crippen molar-refractivity contribution in [1.29, 1.82) is 0 Å². The fraction of sp³-hybridized carbons (Fsp3) is 0.261. The maximum absolute atomic E-state index is 12.3. The van der Waals surface area contributed by atoms with Crippen molar-refractivity contribution in [2.24, 2.45) is 0 Å². The first-order chi connectivity index (χ1) is 15.5. The molecule has 9 heteroatoms. The summed E-state index contributed by atoms with van der Waals surface area (Å²) < 4.78 is 1.79. The Bertz CT molecular complexity index is 1270. The highest BCUT2D eigenvalue weighted by Gasteiger charge is 2.20. The van der Waals surface area contributed by atoms with E-state index in [1.807, 2.05) is 48.5 Å². The van der Waals surface area contributed by atoms with E-state index < -0.39 is 11.7 Å². The number of aliphatic hydroxyl groups excluding tert-OH is 1. The molecule has 4 rings (SSSR count). The van der Waals surface area contributed by atoms with Crippen LogP contribution in [0.25, 0.3) is 28.2 Å². The van der Waals surface area contributed by atoms with Gasteiger partial charge in [0.05, 0.1) is 11.8 Å². The van der Waals surface area contributed by atoms with Gasteiger partial charge < -0.3 is 5.11 Å². The molecule has 2 heterocycles. The van der Waals surface area contributed by atoms with Crippen LogP contribution in [0.15, 0.2) is 53.3 Å². The Morgan fingerprint density at radius 2 is 1.84 bits per heavy atom. The standard InChI is InChI=1S/C23H23ClN6O2/c1-3-4-9-19-25-23(32)20(24)21(14(2)31)30(19)16-12-10-15(11-13-16)17-7-5-6-8-18(17)22-26-28-29-27-22/h5-8,10-14,31H,3-4,9H2,1-2H3,(H,26,27,28,29). The molecule has 0 aliphatic rings. The van der Waals surface area contributed by atoms with Crippen LogP contribution in [0.3, 0.4) is 0 Å². The summed E-state index contributed by atoms with van der Waals surface area (Å²) in [6.45, 7) is 3.67. The van der Waals surface area contributed by atoms with Crippen LogP contribution >= 0.6 is 11.6 Å². The van der Waals surface area contributed by atoms with Gasteiger partial charge in [0.1, 0.15) is 10.8 Å². The van der Waals surface area contributed by atoms with Gasteiger partial charge in [0.2, 0.25) is 5.82 Å². The number of tetrazole rings is 1. The molecule has 0 spiro atoms. The zero-order valence-electron chi connectivity index (χ0n) is 17.8. The number of halogens is 1. The van der Waals surface area contributed by atoms with Gasteiger partial charge >= 0.3 is 0 Å². The molecule has 1 unspecified atom stereocenters. The zero-order valence-corrected chi connectivity index (χ0v) is 18.5. The van der Waals surface area contributed by atoms with Crippen LogP contribution in [-0.4, -0.2) is 35.3 Å². The molecule has 0 aliphatic carbocycles. The quantitative estimate of drug-likeness (QED) is 0.438. The number of aromatic nitrogens is 6. The smallest absolute Gasteiger partial charge is 0.292 e. The van der Waals surface area contributed by atoms with Gasteiger partial charge in [-0.25, -0.2) is 0 Å². The van der Waals surface area contributed by atoms with Crippen molar-refractivity contribution < 1.29 is 5.11 Å². The molecule has 8 nitrogen and oxygen atoms in total. The summed E-state index contributed by atoms with van der Waals surface area (Å²) in [5, 5.41) is 24.7. The van der Waals surface area contributed by atoms with E-state index in [9.17, 15) is 9.90 Å². The molecular weight excluding hydrogens is 428 g/mol. The van der Waals surface area contributed by atoms with Gasteiger partial charge in [0.15, 0.2) is 0 Å². The van der Waals surface area contributed by atoms with Gasteiger partial charge in [0.25, 0.3) is 5.56 Å². The Balaban J connectivity index is 1.83. The second kappa shape index (κ2) is 9.42. The number of benzene rings is 2. The summed E-state index contributed by atoms with van der Waals surface area (Å²) in [5.41, 5.74) is 3.37. The lowest BCUT2D eigenvalue weighted by molar-refractivity contribution is 0.190. The van der Waals surface area contributed by atoms with Crippen LogP contribution in [0, 0.1) is 0 Å². The lowest BCUT2D eigenvalue weighted by Gasteiger charge is -2.21. The fourth-order valence-electron chi connectivity index (χ4n) is 3.72. The van der Waals surface area contributed by atoms with Crippen LogP contribution in [0.2, 0.25) is 5.02 Å². The van der Waals surface area contributed by atoms with E-state index >= 15 is 0 Å². The van der Waals surface area contributed by atoms with E-state index in [4.69, 9.17) is 11.6 Å². The van der Waals surface area contributed by atoms with E-state index in [-0.39, 0.29) is 5.02 Å². The number of hydrogen-bond acceptors (Lipinski definition) is 6. The van der Waals surface area contributed by atoms with Gasteiger partial charge in [-0.15, -0.1) is 10.2 Å². The molecule has 0 fully saturated rings. The van der Waals surface area contributed by atoms with Crippen LogP contribution in [0.5, 0.6) is 0 Å². The van der Waals surface area contributed by atoms with Gasteiger partial charge in [-0.2, -0.15) is 10.2 Å². The van der Waals surface area contributed by atoms with Gasteiger partial charge in [-0.05, 0) is 41.8 Å². The summed E-state index contributed by atoms with van der Waals surface area (Å²) in [6, 6.07) is 15.6. The van der Waals surface area contributed by atoms with Crippen LogP contribution < -0.4 is 5.56 Å². The molecule has 2 aromatic carbocycles. The second-order valence-electron chi connectivity index (χ2n) is 7.48. The van der Waals surface area contributed by atoms with Crippen molar-refractivity contribution in [3.05, 3.63) is 75.4 Å². The Hall–Kier alpha value is -3.36. The first-order valence-electron chi connectivity index (χ1n) is 10.4. The molecule has 0 bridgehead atoms. The van der Waals surface area contributed by atoms with E-state index in [0.717, 1.165) is 35.2 Å². The average Bonchev–Trinajstić information content (AvgIpc) is 3.34. The average molecular weight is 451 g/mol. The molecule has 0 radical (unpaired) electrons. The molecule has 2 N–H and O–H groups in total. The summed E-state index contributed by atoms with van der Waals surface area (Å²) in [7, 11) is 0. The third-order valence-corrected chi connectivity index (χ3v) is 5.60. The number of nitrogens with zero attached hydrogens (tertiary/aromatic N) is 5. The highest BCUT2D eigenvalue weighted by molar-refractivity contribution is 6.31. The van der Waals surface area contributed by atoms with E-state index in [0.29, 0.717) is 23.8 Å². The SMILES string of the molecule is CCCCc1nc(=O)c(Cl)c(C(C)O)n1-c1ccc(-c2ccccc2-c2nn[nH]n2)cc1. The summed E-state index contributed by atoms with van der Waals surface area (Å²) in [6.07, 6.45) is 1.49. The van der Waals surface area contributed by atoms with Crippen LogP contribution in [0.4, 0.5) is 0 Å². The molecule has 32 heavy (non-hydrogen) atoms. The number of hydrogen-bond donors (Lipinski definition) is 2. The molecule has 164 valence electrons. The van der Waals surface area contributed by atoms with Crippen LogP contribution in [0.1, 0.15) is 44.3 Å². The molecule has 4 aromatic rings. The number of aromatic amines is 1. The maximum Gasteiger partial charge on any atom is 0.292 e. The molecule has 0 aliphatic heterocycles. The predicted molar refractivity (Wildman–Crippen MR) is 123 cm³/mol. The first-order valence-corrected chi connectivity index (χ1v) is 10.8. The number of aryl methyl sites for hydroxylation is 1. The van der Waals surface area contributed by atoms with Gasteiger partial charge in [0, 0.05) is 17.7 Å². The lowest BCUT2D eigenvalue weighted by atomic mass is 9.99. The molecule has 1 atom stereocenters. The van der Waals surface area contributed by atoms with Crippen molar-refractivity contribution in [1.82, 2.24) is 30.2 Å². The minimum atomic E-state index is -0.933. The van der Waals surface area contributed by atoms with Crippen molar-refractivity contribution in [2.75, 3.05) is 0 Å². The Morgan fingerprint density at radius 1 is 1.12 bits per heavy atom. The van der Waals surface area contributed by atoms with E-state index in [2.05, 4.69) is 32.5 Å². The molecule has 0 saturated heterocycles. The summed E-state index contributed by atoms with van der Waals surface area (Å²) >= 11 is 6.28. The monoisotopic (exact) mass is 450 g/mol. The number of nitrogens with one attached hydrogen (secondary N) is 1. The fourth-order valence-corrected chi connectivity index (χ4v) is 4.00. The Labute approximate surface area is 189 Å². The van der Waals surface area contributed by atoms with Crippen molar-refractivity contribution in [3.8, 4) is 28.2 Å². The molecule has 0 amide bonds. The minimum absolute atomic E-state index is 0.0632. The maximum atomic E-state index is 12.3. The third-order valence-electron chi connectivity index (χ3n) is 5.24. The first kappa shape index (κ1) is 21.9. The predicted octanol–water partition coefficient (Wildman–Crippen LogP) is 4.13.